The van der Waals surface area contributed by atoms with Crippen molar-refractivity contribution in [3.05, 3.63) is 21.9 Å². The number of nitrogens with one attached hydrogen (secondary N) is 1. The van der Waals surface area contributed by atoms with Gasteiger partial charge in [0.1, 0.15) is 0 Å². The summed E-state index contributed by atoms with van der Waals surface area (Å²) in [7, 11) is 0. The summed E-state index contributed by atoms with van der Waals surface area (Å²) < 4.78 is 0. The van der Waals surface area contributed by atoms with Gasteiger partial charge in [0.15, 0.2) is 0 Å². The molecule has 1 aromatic rings. The SMILES string of the molecule is CSCC(NN)c1csc(C)c1. The molecule has 0 saturated carbocycles. The fraction of sp³-hybridized carbons (Fsp3) is 0.500. The topological polar surface area (TPSA) is 38.0 Å². The second-order valence-corrected chi connectivity index (χ2v) is 4.69. The molecule has 0 spiro atoms. The molecule has 0 aliphatic rings. The summed E-state index contributed by atoms with van der Waals surface area (Å²) in [6, 6.07) is 2.48. The Morgan fingerprint density at radius 2 is 2.50 bits per heavy atom. The number of nitrogens with two attached hydrogens (primary N) is 1. The highest BCUT2D eigenvalue weighted by molar-refractivity contribution is 7.98. The normalized spacial score (nSPS) is 13.2. The fourth-order valence-corrected chi connectivity index (χ4v) is 2.43. The smallest absolute Gasteiger partial charge is 0.0558 e. The zero-order valence-electron chi connectivity index (χ0n) is 7.33. The van der Waals surface area contributed by atoms with Crippen LogP contribution in [0.25, 0.3) is 0 Å². The van der Waals surface area contributed by atoms with Gasteiger partial charge in [0.25, 0.3) is 0 Å². The van der Waals surface area contributed by atoms with Crippen molar-refractivity contribution >= 4 is 23.1 Å². The van der Waals surface area contributed by atoms with Gasteiger partial charge in [0, 0.05) is 10.6 Å². The Labute approximate surface area is 81.5 Å². The summed E-state index contributed by atoms with van der Waals surface area (Å²) in [5.41, 5.74) is 4.12. The van der Waals surface area contributed by atoms with Gasteiger partial charge in [-0.25, -0.2) is 0 Å². The molecule has 0 bridgehead atoms. The maximum absolute atomic E-state index is 5.44. The van der Waals surface area contributed by atoms with Crippen LogP contribution in [0.2, 0.25) is 0 Å². The largest absolute Gasteiger partial charge is 0.271 e. The zero-order valence-corrected chi connectivity index (χ0v) is 8.97. The van der Waals surface area contributed by atoms with Gasteiger partial charge in [-0.05, 0) is 30.2 Å². The Balaban J connectivity index is 2.66. The molecule has 0 aliphatic carbocycles. The van der Waals surface area contributed by atoms with E-state index in [0.717, 1.165) is 5.75 Å². The summed E-state index contributed by atoms with van der Waals surface area (Å²) in [6.45, 7) is 2.11. The van der Waals surface area contributed by atoms with Gasteiger partial charge in [-0.1, -0.05) is 0 Å². The van der Waals surface area contributed by atoms with Crippen LogP contribution in [0.4, 0.5) is 0 Å². The minimum atomic E-state index is 0.296. The molecule has 1 unspecified atom stereocenters. The van der Waals surface area contributed by atoms with Crippen LogP contribution in [0.3, 0.4) is 0 Å². The zero-order chi connectivity index (χ0) is 8.97. The number of aryl methyl sites for hydroxylation is 1. The first-order valence-corrected chi connectivity index (χ1v) is 6.05. The van der Waals surface area contributed by atoms with Gasteiger partial charge in [-0.15, -0.1) is 11.3 Å². The van der Waals surface area contributed by atoms with E-state index in [1.807, 2.05) is 0 Å². The highest BCUT2D eigenvalue weighted by Crippen LogP contribution is 2.21. The van der Waals surface area contributed by atoms with Gasteiger partial charge in [0.05, 0.1) is 6.04 Å². The third kappa shape index (κ3) is 2.48. The number of thioether (sulfide) groups is 1. The molecule has 2 nitrogen and oxygen atoms in total. The van der Waals surface area contributed by atoms with Crippen LogP contribution in [0.1, 0.15) is 16.5 Å². The second-order valence-electron chi connectivity index (χ2n) is 2.67. The number of hydrazine groups is 1. The molecular formula is C8H14N2S2. The molecule has 12 heavy (non-hydrogen) atoms. The van der Waals surface area contributed by atoms with Gasteiger partial charge in [0.2, 0.25) is 0 Å². The van der Waals surface area contributed by atoms with Crippen LogP contribution in [0.5, 0.6) is 0 Å². The average Bonchev–Trinajstić information content (AvgIpc) is 2.47. The average molecular weight is 202 g/mol. The minimum Gasteiger partial charge on any atom is -0.271 e. The van der Waals surface area contributed by atoms with Crippen molar-refractivity contribution in [1.29, 1.82) is 0 Å². The Hall–Kier alpha value is -0.0300. The molecule has 1 aromatic heterocycles. The second kappa shape index (κ2) is 4.87. The lowest BCUT2D eigenvalue weighted by Crippen LogP contribution is -2.29. The van der Waals surface area contributed by atoms with Crippen LogP contribution in [-0.4, -0.2) is 12.0 Å². The van der Waals surface area contributed by atoms with Gasteiger partial charge in [-0.2, -0.15) is 11.8 Å². The maximum atomic E-state index is 5.44. The highest BCUT2D eigenvalue weighted by Gasteiger charge is 2.09. The third-order valence-corrected chi connectivity index (χ3v) is 3.23. The highest BCUT2D eigenvalue weighted by atomic mass is 32.2. The predicted octanol–water partition coefficient (Wildman–Crippen LogP) is 1.92. The lowest BCUT2D eigenvalue weighted by Gasteiger charge is -2.12. The van der Waals surface area contributed by atoms with Gasteiger partial charge >= 0.3 is 0 Å². The lowest BCUT2D eigenvalue weighted by molar-refractivity contribution is 0.613. The van der Waals surface area contributed by atoms with E-state index < -0.39 is 0 Å². The van der Waals surface area contributed by atoms with Crippen molar-refractivity contribution in [2.45, 2.75) is 13.0 Å². The fourth-order valence-electron chi connectivity index (χ4n) is 1.05. The van der Waals surface area contributed by atoms with Crippen LogP contribution >= 0.6 is 23.1 Å². The molecule has 3 N–H and O–H groups in total. The molecule has 1 atom stereocenters. The van der Waals surface area contributed by atoms with E-state index >= 15 is 0 Å². The van der Waals surface area contributed by atoms with Crippen LogP contribution < -0.4 is 11.3 Å². The molecule has 0 saturated heterocycles. The Morgan fingerprint density at radius 3 is 2.92 bits per heavy atom. The van der Waals surface area contributed by atoms with E-state index in [2.05, 4.69) is 30.1 Å². The number of rotatable bonds is 4. The summed E-state index contributed by atoms with van der Waals surface area (Å²) in [6.07, 6.45) is 2.09. The van der Waals surface area contributed by atoms with Crippen molar-refractivity contribution in [1.82, 2.24) is 5.43 Å². The number of hydrogen-bond acceptors (Lipinski definition) is 4. The van der Waals surface area contributed by atoms with Crippen molar-refractivity contribution < 1.29 is 0 Å². The molecule has 1 rings (SSSR count). The van der Waals surface area contributed by atoms with Gasteiger partial charge in [-0.3, -0.25) is 11.3 Å². The first-order valence-electron chi connectivity index (χ1n) is 3.78. The molecule has 0 amide bonds. The molecule has 4 heteroatoms. The van der Waals surface area contributed by atoms with E-state index in [-0.39, 0.29) is 0 Å². The summed E-state index contributed by atoms with van der Waals surface area (Å²) in [5, 5.41) is 2.16. The first kappa shape index (κ1) is 10.1. The molecular weight excluding hydrogens is 188 g/mol. The Morgan fingerprint density at radius 1 is 1.75 bits per heavy atom. The van der Waals surface area contributed by atoms with Crippen LogP contribution in [-0.2, 0) is 0 Å². The van der Waals surface area contributed by atoms with Crippen molar-refractivity contribution in [2.75, 3.05) is 12.0 Å². The number of thiophene rings is 1. The molecule has 68 valence electrons. The lowest BCUT2D eigenvalue weighted by atomic mass is 10.2. The van der Waals surface area contributed by atoms with Gasteiger partial charge < -0.3 is 0 Å². The molecule has 0 fully saturated rings. The van der Waals surface area contributed by atoms with Crippen molar-refractivity contribution in [3.63, 3.8) is 0 Å². The molecule has 0 radical (unpaired) electrons. The van der Waals surface area contributed by atoms with E-state index in [1.165, 1.54) is 10.4 Å². The Bertz CT molecular complexity index is 235. The first-order chi connectivity index (χ1) is 5.77. The Kier molecular flexibility index (Phi) is 4.08. The van der Waals surface area contributed by atoms with Crippen molar-refractivity contribution in [2.24, 2.45) is 5.84 Å². The predicted molar refractivity (Wildman–Crippen MR) is 57.5 cm³/mol. The molecule has 1 heterocycles. The molecule has 0 aliphatic heterocycles. The quantitative estimate of drug-likeness (QED) is 0.579. The monoisotopic (exact) mass is 202 g/mol. The van der Waals surface area contributed by atoms with E-state index in [4.69, 9.17) is 5.84 Å². The standard InChI is InChI=1S/C8H14N2S2/c1-6-3-7(4-12-6)8(10-9)5-11-2/h3-4,8,10H,5,9H2,1-2H3. The summed E-state index contributed by atoms with van der Waals surface area (Å²) >= 11 is 3.57. The van der Waals surface area contributed by atoms with E-state index in [0.29, 0.717) is 6.04 Å². The van der Waals surface area contributed by atoms with Crippen LogP contribution in [0, 0.1) is 6.92 Å². The summed E-state index contributed by atoms with van der Waals surface area (Å²) in [4.78, 5) is 1.34. The molecule has 0 aromatic carbocycles. The van der Waals surface area contributed by atoms with E-state index in [9.17, 15) is 0 Å². The summed E-state index contributed by atoms with van der Waals surface area (Å²) in [5.74, 6) is 6.46. The number of hydrogen-bond donors (Lipinski definition) is 2. The minimum absolute atomic E-state index is 0.296. The van der Waals surface area contributed by atoms with Crippen LogP contribution in [0.15, 0.2) is 11.4 Å². The van der Waals surface area contributed by atoms with E-state index in [1.54, 1.807) is 23.1 Å². The third-order valence-electron chi connectivity index (χ3n) is 1.69. The van der Waals surface area contributed by atoms with Crippen molar-refractivity contribution in [3.8, 4) is 0 Å². The maximum Gasteiger partial charge on any atom is 0.0558 e.